The first-order valence-electron chi connectivity index (χ1n) is 6.74. The van der Waals surface area contributed by atoms with Gasteiger partial charge in [-0.3, -0.25) is 4.90 Å². The summed E-state index contributed by atoms with van der Waals surface area (Å²) in [6.45, 7) is 2.82. The molecule has 0 spiro atoms. The van der Waals surface area contributed by atoms with E-state index in [1.165, 1.54) is 19.3 Å². The molecule has 1 unspecified atom stereocenters. The molecule has 1 aromatic heterocycles. The van der Waals surface area contributed by atoms with E-state index in [0.717, 1.165) is 31.4 Å². The SMILES string of the molecule is Cn1ccnc1CN(CCO)CC1CC=CCC1. The largest absolute Gasteiger partial charge is 0.395 e. The molecule has 0 radical (unpaired) electrons. The minimum absolute atomic E-state index is 0.215. The number of hydrogen-bond acceptors (Lipinski definition) is 3. The van der Waals surface area contributed by atoms with Gasteiger partial charge in [0, 0.05) is 32.5 Å². The lowest BCUT2D eigenvalue weighted by Crippen LogP contribution is -2.33. The van der Waals surface area contributed by atoms with Crippen molar-refractivity contribution in [3.05, 3.63) is 30.4 Å². The van der Waals surface area contributed by atoms with Crippen LogP contribution in [0.25, 0.3) is 0 Å². The normalized spacial score (nSPS) is 19.6. The highest BCUT2D eigenvalue weighted by molar-refractivity contribution is 4.93. The zero-order valence-electron chi connectivity index (χ0n) is 11.1. The number of hydrogen-bond donors (Lipinski definition) is 1. The Bertz CT molecular complexity index is 386. The number of rotatable bonds is 6. The Labute approximate surface area is 109 Å². The van der Waals surface area contributed by atoms with Crippen LogP contribution in [0.1, 0.15) is 25.1 Å². The standard InChI is InChI=1S/C14H23N3O/c1-16-8-7-15-14(16)12-17(9-10-18)11-13-5-3-2-4-6-13/h2-3,7-8,13,18H,4-6,9-12H2,1H3. The zero-order valence-corrected chi connectivity index (χ0v) is 11.1. The van der Waals surface area contributed by atoms with Crippen molar-refractivity contribution < 1.29 is 5.11 Å². The number of aliphatic hydroxyl groups is 1. The summed E-state index contributed by atoms with van der Waals surface area (Å²) in [4.78, 5) is 6.67. The van der Waals surface area contributed by atoms with E-state index in [1.807, 2.05) is 24.0 Å². The molecule has 0 aliphatic heterocycles. The fourth-order valence-corrected chi connectivity index (χ4v) is 2.51. The number of nitrogens with zero attached hydrogens (tertiary/aromatic N) is 3. The minimum Gasteiger partial charge on any atom is -0.395 e. The molecule has 1 aliphatic carbocycles. The van der Waals surface area contributed by atoms with Crippen LogP contribution in [0.4, 0.5) is 0 Å². The quantitative estimate of drug-likeness (QED) is 0.778. The molecular weight excluding hydrogens is 226 g/mol. The van der Waals surface area contributed by atoms with Crippen LogP contribution in [0.3, 0.4) is 0 Å². The first-order valence-corrected chi connectivity index (χ1v) is 6.74. The molecule has 4 heteroatoms. The summed E-state index contributed by atoms with van der Waals surface area (Å²) in [6, 6.07) is 0. The lowest BCUT2D eigenvalue weighted by molar-refractivity contribution is 0.161. The lowest BCUT2D eigenvalue weighted by Gasteiger charge is -2.27. The van der Waals surface area contributed by atoms with Crippen LogP contribution in [0, 0.1) is 5.92 Å². The molecular formula is C14H23N3O. The van der Waals surface area contributed by atoms with E-state index in [-0.39, 0.29) is 6.61 Å². The van der Waals surface area contributed by atoms with Crippen molar-refractivity contribution in [2.45, 2.75) is 25.8 Å². The van der Waals surface area contributed by atoms with Gasteiger partial charge in [-0.05, 0) is 25.2 Å². The number of imidazole rings is 1. The fourth-order valence-electron chi connectivity index (χ4n) is 2.51. The minimum atomic E-state index is 0.215. The molecule has 0 saturated heterocycles. The number of aromatic nitrogens is 2. The van der Waals surface area contributed by atoms with Crippen LogP contribution >= 0.6 is 0 Å². The highest BCUT2D eigenvalue weighted by Crippen LogP contribution is 2.19. The summed E-state index contributed by atoms with van der Waals surface area (Å²) in [7, 11) is 2.02. The summed E-state index contributed by atoms with van der Waals surface area (Å²) in [5.74, 6) is 1.79. The van der Waals surface area contributed by atoms with Crippen molar-refractivity contribution in [3.8, 4) is 0 Å². The second kappa shape index (κ2) is 6.71. The Morgan fingerprint density at radius 1 is 1.50 bits per heavy atom. The van der Waals surface area contributed by atoms with E-state index in [9.17, 15) is 5.11 Å². The summed E-state index contributed by atoms with van der Waals surface area (Å²) in [5.41, 5.74) is 0. The van der Waals surface area contributed by atoms with E-state index < -0.39 is 0 Å². The van der Waals surface area contributed by atoms with Gasteiger partial charge in [-0.15, -0.1) is 0 Å². The topological polar surface area (TPSA) is 41.3 Å². The first-order chi connectivity index (χ1) is 8.79. The maximum Gasteiger partial charge on any atom is 0.122 e. The summed E-state index contributed by atoms with van der Waals surface area (Å²) < 4.78 is 2.05. The third-order valence-corrected chi connectivity index (χ3v) is 3.60. The van der Waals surface area contributed by atoms with Crippen LogP contribution in [0.2, 0.25) is 0 Å². The van der Waals surface area contributed by atoms with Gasteiger partial charge in [0.05, 0.1) is 13.2 Å². The second-order valence-electron chi connectivity index (χ2n) is 5.06. The van der Waals surface area contributed by atoms with Crippen molar-refractivity contribution in [1.82, 2.24) is 14.5 Å². The van der Waals surface area contributed by atoms with Crippen LogP contribution in [-0.4, -0.2) is 39.3 Å². The summed E-state index contributed by atoms with van der Waals surface area (Å²) in [5, 5.41) is 9.18. The number of allylic oxidation sites excluding steroid dienone is 2. The maximum atomic E-state index is 9.18. The first kappa shape index (κ1) is 13.3. The Morgan fingerprint density at radius 2 is 2.39 bits per heavy atom. The molecule has 1 N–H and O–H groups in total. The van der Waals surface area contributed by atoms with Crippen LogP contribution in [0.15, 0.2) is 24.5 Å². The third-order valence-electron chi connectivity index (χ3n) is 3.60. The average molecular weight is 249 g/mol. The second-order valence-corrected chi connectivity index (χ2v) is 5.06. The molecule has 0 bridgehead atoms. The van der Waals surface area contributed by atoms with E-state index in [2.05, 4.69) is 22.0 Å². The monoisotopic (exact) mass is 249 g/mol. The van der Waals surface area contributed by atoms with Gasteiger partial charge >= 0.3 is 0 Å². The van der Waals surface area contributed by atoms with Gasteiger partial charge in [-0.2, -0.15) is 0 Å². The summed E-state index contributed by atoms with van der Waals surface area (Å²) in [6.07, 6.45) is 12.0. The van der Waals surface area contributed by atoms with Gasteiger partial charge in [-0.1, -0.05) is 12.2 Å². The highest BCUT2D eigenvalue weighted by Gasteiger charge is 2.16. The molecule has 0 aromatic carbocycles. The van der Waals surface area contributed by atoms with Crippen LogP contribution in [0.5, 0.6) is 0 Å². The molecule has 4 nitrogen and oxygen atoms in total. The van der Waals surface area contributed by atoms with Gasteiger partial charge in [0.1, 0.15) is 5.82 Å². The Morgan fingerprint density at radius 3 is 3.00 bits per heavy atom. The van der Waals surface area contributed by atoms with Crippen molar-refractivity contribution in [2.24, 2.45) is 13.0 Å². The Kier molecular flexibility index (Phi) is 4.96. The average Bonchev–Trinajstić information content (AvgIpc) is 2.77. The van der Waals surface area contributed by atoms with Crippen molar-refractivity contribution >= 4 is 0 Å². The molecule has 18 heavy (non-hydrogen) atoms. The molecule has 2 rings (SSSR count). The van der Waals surface area contributed by atoms with Crippen molar-refractivity contribution in [1.29, 1.82) is 0 Å². The molecule has 100 valence electrons. The third kappa shape index (κ3) is 3.68. The van der Waals surface area contributed by atoms with Crippen LogP contribution < -0.4 is 0 Å². The predicted octanol–water partition coefficient (Wildman–Crippen LogP) is 1.57. The van der Waals surface area contributed by atoms with Gasteiger partial charge in [0.25, 0.3) is 0 Å². The van der Waals surface area contributed by atoms with Crippen molar-refractivity contribution in [3.63, 3.8) is 0 Å². The van der Waals surface area contributed by atoms with Gasteiger partial charge in [0.2, 0.25) is 0 Å². The maximum absolute atomic E-state index is 9.18. The lowest BCUT2D eigenvalue weighted by atomic mass is 9.94. The smallest absolute Gasteiger partial charge is 0.122 e. The van der Waals surface area contributed by atoms with Crippen molar-refractivity contribution in [2.75, 3.05) is 19.7 Å². The molecule has 1 aromatic rings. The number of aryl methyl sites for hydroxylation is 1. The molecule has 1 aliphatic rings. The Hall–Kier alpha value is -1.13. The number of aliphatic hydroxyl groups excluding tert-OH is 1. The fraction of sp³-hybridized carbons (Fsp3) is 0.643. The summed E-state index contributed by atoms with van der Waals surface area (Å²) >= 11 is 0. The van der Waals surface area contributed by atoms with E-state index in [4.69, 9.17) is 0 Å². The molecule has 0 saturated carbocycles. The van der Waals surface area contributed by atoms with Gasteiger partial charge in [0.15, 0.2) is 0 Å². The predicted molar refractivity (Wildman–Crippen MR) is 72.1 cm³/mol. The molecule has 1 heterocycles. The van der Waals surface area contributed by atoms with E-state index >= 15 is 0 Å². The molecule has 1 atom stereocenters. The Balaban J connectivity index is 1.91. The zero-order chi connectivity index (χ0) is 12.8. The highest BCUT2D eigenvalue weighted by atomic mass is 16.3. The van der Waals surface area contributed by atoms with Gasteiger partial charge < -0.3 is 9.67 Å². The van der Waals surface area contributed by atoms with E-state index in [0.29, 0.717) is 0 Å². The molecule has 0 amide bonds. The molecule has 0 fully saturated rings. The van der Waals surface area contributed by atoms with E-state index in [1.54, 1.807) is 0 Å². The van der Waals surface area contributed by atoms with Crippen LogP contribution in [-0.2, 0) is 13.6 Å². The van der Waals surface area contributed by atoms with Gasteiger partial charge in [-0.25, -0.2) is 4.98 Å².